The van der Waals surface area contributed by atoms with Crippen LogP contribution in [0.4, 0.5) is 0 Å². The first-order chi connectivity index (χ1) is 14.5. The van der Waals surface area contributed by atoms with Crippen molar-refractivity contribution in [2.24, 2.45) is 0 Å². The molecule has 6 nitrogen and oxygen atoms in total. The maximum absolute atomic E-state index is 13.2. The molecule has 1 fully saturated rings. The molecule has 2 aliphatic rings. The fraction of sp³-hybridized carbons (Fsp3) is 0.435. The van der Waals surface area contributed by atoms with Crippen LogP contribution in [0.25, 0.3) is 0 Å². The van der Waals surface area contributed by atoms with Crippen LogP contribution in [0.1, 0.15) is 59.6 Å². The van der Waals surface area contributed by atoms with Gasteiger partial charge in [-0.1, -0.05) is 24.3 Å². The Labute approximate surface area is 178 Å². The van der Waals surface area contributed by atoms with Gasteiger partial charge in [-0.15, -0.1) is 0 Å². The third kappa shape index (κ3) is 4.23. The summed E-state index contributed by atoms with van der Waals surface area (Å²) < 4.78 is 34.6. The van der Waals surface area contributed by atoms with Crippen LogP contribution in [0.3, 0.4) is 0 Å². The van der Waals surface area contributed by atoms with E-state index >= 15 is 0 Å². The number of methoxy groups -OCH3 is 1. The first-order valence-electron chi connectivity index (χ1n) is 10.6. The minimum atomic E-state index is -3.79. The molecule has 0 aromatic heterocycles. The van der Waals surface area contributed by atoms with Crippen LogP contribution in [-0.2, 0) is 16.4 Å². The fourth-order valence-electron chi connectivity index (χ4n) is 4.42. The van der Waals surface area contributed by atoms with E-state index in [1.165, 1.54) is 24.8 Å². The fourth-order valence-corrected chi connectivity index (χ4v) is 5.70. The molecule has 1 aliphatic heterocycles. The summed E-state index contributed by atoms with van der Waals surface area (Å²) in [6.45, 7) is 1.38. The normalized spacial score (nSPS) is 19.2. The molecule has 0 bridgehead atoms. The molecule has 7 heteroatoms. The molecule has 30 heavy (non-hydrogen) atoms. The number of sulfonamides is 1. The molecular weight excluding hydrogens is 400 g/mol. The number of piperidine rings is 1. The summed E-state index contributed by atoms with van der Waals surface area (Å²) >= 11 is 0. The molecule has 0 unspecified atom stereocenters. The molecule has 1 saturated heterocycles. The lowest BCUT2D eigenvalue weighted by atomic mass is 9.88. The summed E-state index contributed by atoms with van der Waals surface area (Å²) in [5, 5.41) is 0. The Morgan fingerprint density at radius 1 is 1.07 bits per heavy atom. The van der Waals surface area contributed by atoms with Gasteiger partial charge in [-0.2, -0.15) is 0 Å². The molecule has 1 aliphatic carbocycles. The van der Waals surface area contributed by atoms with E-state index in [9.17, 15) is 13.2 Å². The van der Waals surface area contributed by atoms with Gasteiger partial charge in [0.1, 0.15) is 5.75 Å². The highest BCUT2D eigenvalue weighted by Gasteiger charge is 2.28. The third-order valence-corrected chi connectivity index (χ3v) is 7.49. The first kappa shape index (κ1) is 20.9. The number of carbonyl (C=O) groups excluding carboxylic acids is 1. The Morgan fingerprint density at radius 2 is 1.83 bits per heavy atom. The monoisotopic (exact) mass is 428 g/mol. The van der Waals surface area contributed by atoms with Crippen LogP contribution in [0, 0.1) is 0 Å². The van der Waals surface area contributed by atoms with Gasteiger partial charge in [-0.25, -0.2) is 13.1 Å². The molecule has 160 valence electrons. The number of amides is 1. The predicted molar refractivity (Wildman–Crippen MR) is 115 cm³/mol. The minimum Gasteiger partial charge on any atom is -0.496 e. The van der Waals surface area contributed by atoms with E-state index < -0.39 is 10.0 Å². The molecule has 1 amide bonds. The standard InChI is InChI=1S/C23H28N2O4S/c1-29-22-13-12-18(16-20(22)23(26)25-14-5-2-6-15-25)30(27,28)24-21-11-7-9-17-8-3-4-10-19(17)21/h3-4,8,10,12-13,16,21,24H,2,5-7,9,11,14-15H2,1H3/t21-/m1/s1. The summed E-state index contributed by atoms with van der Waals surface area (Å²) in [5.74, 6) is 0.221. The summed E-state index contributed by atoms with van der Waals surface area (Å²) in [6, 6.07) is 12.2. The van der Waals surface area contributed by atoms with Crippen molar-refractivity contribution in [2.75, 3.05) is 20.2 Å². The van der Waals surface area contributed by atoms with Crippen molar-refractivity contribution in [3.8, 4) is 5.75 Å². The lowest BCUT2D eigenvalue weighted by Crippen LogP contribution is -2.36. The number of ether oxygens (including phenoxy) is 1. The number of nitrogens with zero attached hydrogens (tertiary/aromatic N) is 1. The van der Waals surface area contributed by atoms with Crippen molar-refractivity contribution >= 4 is 15.9 Å². The molecule has 1 heterocycles. The van der Waals surface area contributed by atoms with Gasteiger partial charge in [0.05, 0.1) is 17.6 Å². The van der Waals surface area contributed by atoms with Crippen molar-refractivity contribution < 1.29 is 17.9 Å². The second kappa shape index (κ2) is 8.78. The zero-order valence-corrected chi connectivity index (χ0v) is 18.1. The van der Waals surface area contributed by atoms with Crippen LogP contribution in [0.5, 0.6) is 5.75 Å². The number of aryl methyl sites for hydroxylation is 1. The number of likely N-dealkylation sites (tertiary alicyclic amines) is 1. The van der Waals surface area contributed by atoms with Gasteiger partial charge in [0, 0.05) is 19.1 Å². The van der Waals surface area contributed by atoms with Crippen molar-refractivity contribution in [3.05, 3.63) is 59.2 Å². The van der Waals surface area contributed by atoms with Crippen LogP contribution in [0.15, 0.2) is 47.4 Å². The zero-order chi connectivity index (χ0) is 21.1. The molecule has 1 atom stereocenters. The number of benzene rings is 2. The first-order valence-corrected chi connectivity index (χ1v) is 12.1. The average molecular weight is 429 g/mol. The predicted octanol–water partition coefficient (Wildman–Crippen LogP) is 3.68. The minimum absolute atomic E-state index is 0.0896. The van der Waals surface area contributed by atoms with Gasteiger partial charge in [-0.05, 0) is 67.9 Å². The Kier molecular flexibility index (Phi) is 6.11. The molecule has 0 spiro atoms. The smallest absolute Gasteiger partial charge is 0.257 e. The molecular formula is C23H28N2O4S. The highest BCUT2D eigenvalue weighted by atomic mass is 32.2. The van der Waals surface area contributed by atoms with E-state index in [2.05, 4.69) is 10.8 Å². The highest BCUT2D eigenvalue weighted by molar-refractivity contribution is 7.89. The quantitative estimate of drug-likeness (QED) is 0.788. The second-order valence-corrected chi connectivity index (χ2v) is 9.69. The third-order valence-electron chi connectivity index (χ3n) is 6.02. The summed E-state index contributed by atoms with van der Waals surface area (Å²) in [5.41, 5.74) is 2.52. The van der Waals surface area contributed by atoms with Crippen molar-refractivity contribution in [1.82, 2.24) is 9.62 Å². The lowest BCUT2D eigenvalue weighted by Gasteiger charge is -2.28. The number of hydrogen-bond donors (Lipinski definition) is 1. The van der Waals surface area contributed by atoms with Crippen LogP contribution >= 0.6 is 0 Å². The SMILES string of the molecule is COc1ccc(S(=O)(=O)N[C@@H]2CCCc3ccccc32)cc1C(=O)N1CCCCC1. The Balaban J connectivity index is 1.62. The van der Waals surface area contributed by atoms with E-state index in [1.54, 1.807) is 11.0 Å². The largest absolute Gasteiger partial charge is 0.496 e. The zero-order valence-electron chi connectivity index (χ0n) is 17.3. The van der Waals surface area contributed by atoms with E-state index in [-0.39, 0.29) is 16.8 Å². The van der Waals surface area contributed by atoms with Crippen molar-refractivity contribution in [1.29, 1.82) is 0 Å². The van der Waals surface area contributed by atoms with Crippen molar-refractivity contribution in [3.63, 3.8) is 0 Å². The van der Waals surface area contributed by atoms with Gasteiger partial charge in [0.15, 0.2) is 0 Å². The number of fused-ring (bicyclic) bond motifs is 1. The Morgan fingerprint density at radius 3 is 2.60 bits per heavy atom. The van der Waals surface area contributed by atoms with Crippen LogP contribution < -0.4 is 9.46 Å². The van der Waals surface area contributed by atoms with Crippen LogP contribution in [-0.4, -0.2) is 39.4 Å². The Bertz CT molecular complexity index is 1030. The topological polar surface area (TPSA) is 75.7 Å². The van der Waals surface area contributed by atoms with E-state index in [0.29, 0.717) is 24.4 Å². The molecule has 2 aromatic carbocycles. The molecule has 0 saturated carbocycles. The number of hydrogen-bond acceptors (Lipinski definition) is 4. The van der Waals surface area contributed by atoms with Gasteiger partial charge in [0.25, 0.3) is 5.91 Å². The van der Waals surface area contributed by atoms with Crippen molar-refractivity contribution in [2.45, 2.75) is 49.5 Å². The Hall–Kier alpha value is -2.38. The summed E-state index contributed by atoms with van der Waals surface area (Å²) in [7, 11) is -2.30. The van der Waals surface area contributed by atoms with E-state index in [0.717, 1.165) is 44.1 Å². The maximum Gasteiger partial charge on any atom is 0.257 e. The maximum atomic E-state index is 13.2. The van der Waals surface area contributed by atoms with E-state index in [4.69, 9.17) is 4.74 Å². The average Bonchev–Trinajstić information content (AvgIpc) is 2.79. The molecule has 4 rings (SSSR count). The summed E-state index contributed by atoms with van der Waals surface area (Å²) in [4.78, 5) is 14.9. The van der Waals surface area contributed by atoms with Gasteiger partial charge in [-0.3, -0.25) is 4.79 Å². The van der Waals surface area contributed by atoms with Gasteiger partial charge in [0.2, 0.25) is 10.0 Å². The second-order valence-electron chi connectivity index (χ2n) is 7.98. The van der Waals surface area contributed by atoms with Gasteiger partial charge >= 0.3 is 0 Å². The summed E-state index contributed by atoms with van der Waals surface area (Å²) in [6.07, 6.45) is 5.70. The number of nitrogens with one attached hydrogen (secondary N) is 1. The van der Waals surface area contributed by atoms with Crippen LogP contribution in [0.2, 0.25) is 0 Å². The number of carbonyl (C=O) groups is 1. The molecule has 1 N–H and O–H groups in total. The highest BCUT2D eigenvalue weighted by Crippen LogP contribution is 2.32. The lowest BCUT2D eigenvalue weighted by molar-refractivity contribution is 0.0720. The number of rotatable bonds is 5. The van der Waals surface area contributed by atoms with Gasteiger partial charge < -0.3 is 9.64 Å². The molecule has 2 aromatic rings. The van der Waals surface area contributed by atoms with E-state index in [1.807, 2.05) is 18.2 Å². The molecule has 0 radical (unpaired) electrons.